The molecule has 0 spiro atoms. The van der Waals surface area contributed by atoms with E-state index in [4.69, 9.17) is 15.6 Å². The van der Waals surface area contributed by atoms with Gasteiger partial charge in [0.05, 0.1) is 5.52 Å². The SMILES string of the molecule is CO.CSC.Cc1cc(N)cc2ncnc(Nc3cccnc3OC3CCCCC3)c12. The van der Waals surface area contributed by atoms with Crippen molar-refractivity contribution in [3.8, 4) is 5.88 Å². The molecule has 8 heteroatoms. The molecule has 1 fully saturated rings. The van der Waals surface area contributed by atoms with Crippen molar-refractivity contribution >= 4 is 39.9 Å². The first kappa shape index (κ1) is 24.7. The van der Waals surface area contributed by atoms with Crippen molar-refractivity contribution < 1.29 is 9.84 Å². The van der Waals surface area contributed by atoms with Crippen LogP contribution in [0.25, 0.3) is 10.9 Å². The molecule has 31 heavy (non-hydrogen) atoms. The second-order valence-corrected chi connectivity index (χ2v) is 8.04. The highest BCUT2D eigenvalue weighted by molar-refractivity contribution is 7.97. The van der Waals surface area contributed by atoms with Crippen LogP contribution in [0.4, 0.5) is 17.2 Å². The molecule has 1 aromatic carbocycles. The number of hydrogen-bond donors (Lipinski definition) is 3. The lowest BCUT2D eigenvalue weighted by Gasteiger charge is -2.23. The van der Waals surface area contributed by atoms with Crippen LogP contribution >= 0.6 is 11.8 Å². The Labute approximate surface area is 188 Å². The predicted octanol–water partition coefficient (Wildman–Crippen LogP) is 4.96. The highest BCUT2D eigenvalue weighted by Gasteiger charge is 2.18. The summed E-state index contributed by atoms with van der Waals surface area (Å²) in [4.78, 5) is 13.2. The van der Waals surface area contributed by atoms with Crippen molar-refractivity contribution in [2.75, 3.05) is 30.7 Å². The average molecular weight is 444 g/mol. The fourth-order valence-electron chi connectivity index (χ4n) is 3.56. The molecule has 0 radical (unpaired) electrons. The molecule has 4 N–H and O–H groups in total. The number of benzene rings is 1. The minimum atomic E-state index is 0.239. The number of aryl methyl sites for hydroxylation is 1. The Balaban J connectivity index is 0.000000630. The van der Waals surface area contributed by atoms with E-state index in [0.29, 0.717) is 11.6 Å². The first-order valence-corrected chi connectivity index (χ1v) is 12.0. The summed E-state index contributed by atoms with van der Waals surface area (Å²) in [6.45, 7) is 2.01. The summed E-state index contributed by atoms with van der Waals surface area (Å²) in [6, 6.07) is 7.65. The summed E-state index contributed by atoms with van der Waals surface area (Å²) in [5, 5.41) is 11.3. The van der Waals surface area contributed by atoms with Crippen molar-refractivity contribution in [1.29, 1.82) is 0 Å². The van der Waals surface area contributed by atoms with E-state index in [1.54, 1.807) is 24.3 Å². The van der Waals surface area contributed by atoms with Crippen molar-refractivity contribution in [3.63, 3.8) is 0 Å². The first-order valence-electron chi connectivity index (χ1n) is 10.4. The van der Waals surface area contributed by atoms with Crippen LogP contribution in [-0.2, 0) is 0 Å². The topological polar surface area (TPSA) is 106 Å². The molecule has 0 amide bonds. The van der Waals surface area contributed by atoms with Crippen LogP contribution in [-0.4, -0.2) is 45.8 Å². The summed E-state index contributed by atoms with van der Waals surface area (Å²) in [6.07, 6.45) is 13.5. The third-order valence-electron chi connectivity index (χ3n) is 4.81. The van der Waals surface area contributed by atoms with Gasteiger partial charge in [0.25, 0.3) is 0 Å². The maximum atomic E-state index is 7.00. The molecular weight excluding hydrogens is 410 g/mol. The molecule has 0 bridgehead atoms. The lowest BCUT2D eigenvalue weighted by molar-refractivity contribution is 0.149. The lowest BCUT2D eigenvalue weighted by atomic mass is 9.98. The van der Waals surface area contributed by atoms with Gasteiger partial charge in [-0.15, -0.1) is 0 Å². The smallest absolute Gasteiger partial charge is 0.238 e. The van der Waals surface area contributed by atoms with Crippen LogP contribution in [0.1, 0.15) is 37.7 Å². The maximum Gasteiger partial charge on any atom is 0.238 e. The number of pyridine rings is 1. The number of hydrogen-bond acceptors (Lipinski definition) is 8. The Morgan fingerprint density at radius 2 is 1.81 bits per heavy atom. The molecule has 0 saturated heterocycles. The average Bonchev–Trinajstić information content (AvgIpc) is 2.77. The number of aliphatic hydroxyl groups excluding tert-OH is 1. The Kier molecular flexibility index (Phi) is 10.3. The monoisotopic (exact) mass is 443 g/mol. The van der Waals surface area contributed by atoms with Gasteiger partial charge in [0.15, 0.2) is 0 Å². The third kappa shape index (κ3) is 6.97. The molecule has 2 aromatic heterocycles. The zero-order valence-corrected chi connectivity index (χ0v) is 19.6. The lowest BCUT2D eigenvalue weighted by Crippen LogP contribution is -2.20. The maximum absolute atomic E-state index is 7.00. The van der Waals surface area contributed by atoms with Crippen LogP contribution < -0.4 is 15.8 Å². The largest absolute Gasteiger partial charge is 0.473 e. The van der Waals surface area contributed by atoms with E-state index in [1.165, 1.54) is 19.3 Å². The number of nitrogens with zero attached hydrogens (tertiary/aromatic N) is 3. The van der Waals surface area contributed by atoms with Gasteiger partial charge in [-0.25, -0.2) is 15.0 Å². The fourth-order valence-corrected chi connectivity index (χ4v) is 3.56. The van der Waals surface area contributed by atoms with Gasteiger partial charge in [-0.3, -0.25) is 0 Å². The van der Waals surface area contributed by atoms with Crippen LogP contribution in [0.2, 0.25) is 0 Å². The highest BCUT2D eigenvalue weighted by Crippen LogP contribution is 2.32. The Morgan fingerprint density at radius 3 is 2.52 bits per heavy atom. The number of nitrogen functional groups attached to an aromatic ring is 1. The van der Waals surface area contributed by atoms with Gasteiger partial charge in [0, 0.05) is 24.4 Å². The molecule has 0 aliphatic heterocycles. The van der Waals surface area contributed by atoms with E-state index in [-0.39, 0.29) is 6.10 Å². The Bertz CT molecular complexity index is 948. The third-order valence-corrected chi connectivity index (χ3v) is 4.81. The number of aromatic nitrogens is 3. The van der Waals surface area contributed by atoms with Gasteiger partial charge >= 0.3 is 0 Å². The Morgan fingerprint density at radius 1 is 1.10 bits per heavy atom. The molecule has 0 atom stereocenters. The van der Waals surface area contributed by atoms with Crippen LogP contribution in [0, 0.1) is 6.92 Å². The van der Waals surface area contributed by atoms with Crippen molar-refractivity contribution in [3.05, 3.63) is 42.4 Å². The number of rotatable bonds is 4. The molecule has 7 nitrogen and oxygen atoms in total. The minimum Gasteiger partial charge on any atom is -0.473 e. The van der Waals surface area contributed by atoms with Crippen molar-refractivity contribution in [1.82, 2.24) is 15.0 Å². The van der Waals surface area contributed by atoms with E-state index in [0.717, 1.165) is 47.9 Å². The molecule has 0 unspecified atom stereocenters. The van der Waals surface area contributed by atoms with Gasteiger partial charge in [0.2, 0.25) is 5.88 Å². The van der Waals surface area contributed by atoms with E-state index < -0.39 is 0 Å². The van der Waals surface area contributed by atoms with Gasteiger partial charge in [-0.1, -0.05) is 6.42 Å². The highest BCUT2D eigenvalue weighted by atomic mass is 32.2. The predicted molar refractivity (Wildman–Crippen MR) is 131 cm³/mol. The van der Waals surface area contributed by atoms with Gasteiger partial charge in [-0.05, 0) is 74.9 Å². The van der Waals surface area contributed by atoms with Gasteiger partial charge in [-0.2, -0.15) is 11.8 Å². The fraction of sp³-hybridized carbons (Fsp3) is 0.435. The number of thioether (sulfide) groups is 1. The van der Waals surface area contributed by atoms with Gasteiger partial charge in [0.1, 0.15) is 23.9 Å². The summed E-state index contributed by atoms with van der Waals surface area (Å²) in [5.41, 5.74) is 9.30. The molecule has 1 saturated carbocycles. The second-order valence-electron chi connectivity index (χ2n) is 7.22. The molecular formula is C23H33N5O2S. The van der Waals surface area contributed by atoms with Crippen molar-refractivity contribution in [2.24, 2.45) is 0 Å². The summed E-state index contributed by atoms with van der Waals surface area (Å²) in [7, 11) is 1.00. The first-order chi connectivity index (χ1) is 15.1. The number of anilines is 3. The number of ether oxygens (including phenoxy) is 1. The van der Waals surface area contributed by atoms with Crippen LogP contribution in [0.5, 0.6) is 5.88 Å². The quantitative estimate of drug-likeness (QED) is 0.486. The van der Waals surface area contributed by atoms with Crippen molar-refractivity contribution in [2.45, 2.75) is 45.1 Å². The molecule has 4 rings (SSSR count). The van der Waals surface area contributed by atoms with E-state index >= 15 is 0 Å². The molecule has 2 heterocycles. The Hall–Kier alpha value is -2.58. The van der Waals surface area contributed by atoms with E-state index in [9.17, 15) is 0 Å². The normalized spacial score (nSPS) is 13.5. The van der Waals surface area contributed by atoms with Crippen LogP contribution in [0.3, 0.4) is 0 Å². The summed E-state index contributed by atoms with van der Waals surface area (Å²) < 4.78 is 6.18. The summed E-state index contributed by atoms with van der Waals surface area (Å²) >= 11 is 1.75. The van der Waals surface area contributed by atoms with E-state index in [1.807, 2.05) is 43.7 Å². The number of nitrogens with one attached hydrogen (secondary N) is 1. The summed E-state index contributed by atoms with van der Waals surface area (Å²) in [5.74, 6) is 1.35. The number of aliphatic hydroxyl groups is 1. The molecule has 3 aromatic rings. The zero-order valence-electron chi connectivity index (χ0n) is 18.8. The number of fused-ring (bicyclic) bond motifs is 1. The molecule has 1 aliphatic rings. The number of nitrogens with two attached hydrogens (primary N) is 1. The zero-order chi connectivity index (χ0) is 22.6. The molecule has 168 valence electrons. The minimum absolute atomic E-state index is 0.239. The standard InChI is InChI=1S/C20H23N5O.C2H6S.CH4O/c1-13-10-14(21)11-17-18(13)19(24-12-23-17)25-16-8-5-9-22-20(16)26-15-6-3-2-4-7-15;1-3-2;1-2/h5,8-12,15H,2-4,6-7,21H2,1H3,(H,23,24,25);1-2H3;2H,1H3. The second kappa shape index (κ2) is 13.0. The van der Waals surface area contributed by atoms with Crippen LogP contribution in [0.15, 0.2) is 36.8 Å². The molecule has 1 aliphatic carbocycles. The van der Waals surface area contributed by atoms with E-state index in [2.05, 4.69) is 20.3 Å². The van der Waals surface area contributed by atoms with Gasteiger partial charge < -0.3 is 20.9 Å².